The molecule has 0 bridgehead atoms. The second-order valence-corrected chi connectivity index (χ2v) is 12.1. The second-order valence-electron chi connectivity index (χ2n) is 10.8. The monoisotopic (exact) mass is 717 g/mol. The van der Waals surface area contributed by atoms with E-state index in [0.717, 1.165) is 5.56 Å². The highest BCUT2D eigenvalue weighted by molar-refractivity contribution is 9.10. The van der Waals surface area contributed by atoms with Gasteiger partial charge in [-0.2, -0.15) is 5.10 Å². The van der Waals surface area contributed by atoms with E-state index in [9.17, 15) is 19.2 Å². The Morgan fingerprint density at radius 3 is 2.45 bits per heavy atom. The maximum Gasteiger partial charge on any atom is 0.261 e. The van der Waals surface area contributed by atoms with Crippen LogP contribution in [0.15, 0.2) is 82.2 Å². The summed E-state index contributed by atoms with van der Waals surface area (Å²) >= 11 is 9.63. The summed E-state index contributed by atoms with van der Waals surface area (Å²) in [6.07, 6.45) is 1.97. The number of anilines is 1. The Balaban J connectivity index is 1.38. The Morgan fingerprint density at radius 1 is 1.04 bits per heavy atom. The van der Waals surface area contributed by atoms with Crippen LogP contribution in [0.2, 0.25) is 5.02 Å². The minimum absolute atomic E-state index is 0.165. The molecule has 0 aliphatic carbocycles. The van der Waals surface area contributed by atoms with Gasteiger partial charge in [-0.25, -0.2) is 4.52 Å². The molecule has 1 aliphatic heterocycles. The normalized spacial score (nSPS) is 12.4. The number of aromatic nitrogens is 3. The molecule has 3 amide bonds. The molecular weight excluding hydrogens is 690 g/mol. The number of halogens is 2. The van der Waals surface area contributed by atoms with E-state index in [2.05, 4.69) is 31.7 Å². The molecule has 0 atom stereocenters. The van der Waals surface area contributed by atoms with Crippen molar-refractivity contribution in [1.82, 2.24) is 24.4 Å². The van der Waals surface area contributed by atoms with Crippen LogP contribution in [-0.4, -0.2) is 57.0 Å². The minimum Gasteiger partial charge on any atom is -0.484 e. The number of nitrogens with zero attached hydrogens (tertiary/aromatic N) is 4. The van der Waals surface area contributed by atoms with E-state index in [4.69, 9.17) is 22.1 Å². The number of rotatable bonds is 9. The van der Waals surface area contributed by atoms with Crippen LogP contribution in [0, 0.1) is 0 Å². The van der Waals surface area contributed by atoms with Gasteiger partial charge in [0, 0.05) is 41.3 Å². The van der Waals surface area contributed by atoms with Crippen LogP contribution < -0.4 is 26.7 Å². The summed E-state index contributed by atoms with van der Waals surface area (Å²) in [5, 5.41) is 11.1. The molecular formula is C33H29BrClN7O5. The van der Waals surface area contributed by atoms with E-state index in [1.54, 1.807) is 81.8 Å². The van der Waals surface area contributed by atoms with E-state index >= 15 is 0 Å². The van der Waals surface area contributed by atoms with E-state index in [-0.39, 0.29) is 30.5 Å². The van der Waals surface area contributed by atoms with Crippen LogP contribution >= 0.6 is 27.5 Å². The van der Waals surface area contributed by atoms with Crippen LogP contribution in [0.1, 0.15) is 37.5 Å². The van der Waals surface area contributed by atoms with Crippen molar-refractivity contribution >= 4 is 56.6 Å². The maximum absolute atomic E-state index is 14.2. The highest BCUT2D eigenvalue weighted by atomic mass is 79.9. The molecule has 0 spiro atoms. The van der Waals surface area contributed by atoms with Crippen LogP contribution in [-0.2, 0) is 24.3 Å². The van der Waals surface area contributed by atoms with E-state index in [0.29, 0.717) is 74.2 Å². The molecule has 3 aromatic carbocycles. The average Bonchev–Trinajstić information content (AvgIpc) is 3.51. The lowest BCUT2D eigenvalue weighted by Crippen LogP contribution is -2.41. The largest absolute Gasteiger partial charge is 0.484 e. The molecule has 0 radical (unpaired) electrons. The molecule has 0 fully saturated rings. The zero-order valence-corrected chi connectivity index (χ0v) is 27.5. The van der Waals surface area contributed by atoms with Crippen molar-refractivity contribution in [2.24, 2.45) is 5.73 Å². The zero-order valence-electron chi connectivity index (χ0n) is 25.1. The molecule has 47 heavy (non-hydrogen) atoms. The van der Waals surface area contributed by atoms with Crippen molar-refractivity contribution in [3.63, 3.8) is 0 Å². The Hall–Kier alpha value is -5.14. The molecule has 4 N–H and O–H groups in total. The summed E-state index contributed by atoms with van der Waals surface area (Å²) < 4.78 is 9.31. The van der Waals surface area contributed by atoms with Crippen LogP contribution in [0.25, 0.3) is 11.3 Å². The van der Waals surface area contributed by atoms with E-state index in [1.807, 2.05) is 12.1 Å². The molecule has 3 heterocycles. The summed E-state index contributed by atoms with van der Waals surface area (Å²) in [6.45, 7) is 0.665. The van der Waals surface area contributed by atoms with Gasteiger partial charge in [-0.1, -0.05) is 23.7 Å². The van der Waals surface area contributed by atoms with E-state index in [1.165, 1.54) is 0 Å². The number of hydrogen-bond acceptors (Lipinski definition) is 7. The lowest BCUT2D eigenvalue weighted by atomic mass is 10.0. The van der Waals surface area contributed by atoms with Gasteiger partial charge in [0.25, 0.3) is 23.3 Å². The first-order valence-corrected chi connectivity index (χ1v) is 15.8. The fourth-order valence-corrected chi connectivity index (χ4v) is 5.90. The van der Waals surface area contributed by atoms with Gasteiger partial charge in [-0.15, -0.1) is 0 Å². The first-order valence-electron chi connectivity index (χ1n) is 14.6. The van der Waals surface area contributed by atoms with E-state index < -0.39 is 5.91 Å². The zero-order chi connectivity index (χ0) is 33.2. The van der Waals surface area contributed by atoms with Crippen molar-refractivity contribution < 1.29 is 19.1 Å². The van der Waals surface area contributed by atoms with Gasteiger partial charge in [0.15, 0.2) is 12.3 Å². The third-order valence-corrected chi connectivity index (χ3v) is 9.08. The Labute approximate surface area is 282 Å². The number of hydrogen-bond donors (Lipinski definition) is 3. The van der Waals surface area contributed by atoms with Gasteiger partial charge in [0.05, 0.1) is 34.8 Å². The van der Waals surface area contributed by atoms with Crippen molar-refractivity contribution in [3.05, 3.63) is 121 Å². The van der Waals surface area contributed by atoms with Gasteiger partial charge in [0.2, 0.25) is 0 Å². The first-order chi connectivity index (χ1) is 22.6. The van der Waals surface area contributed by atoms with Gasteiger partial charge < -0.3 is 26.0 Å². The predicted octanol–water partition coefficient (Wildman–Crippen LogP) is 3.94. The molecule has 6 rings (SSSR count). The molecule has 0 unspecified atom stereocenters. The number of carbonyl (C=O) groups excluding carboxylic acids is 3. The van der Waals surface area contributed by atoms with Gasteiger partial charge in [-0.3, -0.25) is 23.7 Å². The molecule has 14 heteroatoms. The van der Waals surface area contributed by atoms with Gasteiger partial charge in [-0.05, 0) is 82.5 Å². The smallest absolute Gasteiger partial charge is 0.261 e. The SMILES string of the molecule is CNC(=O)c1ccc(-n2c(=O)c3c(n4ncc(NCc5ccc(OCC(N)=O)cc5)c24)CN(C(=O)c2ccc(Br)c(Cl)c2)CC3)cc1. The first kappa shape index (κ1) is 31.8. The summed E-state index contributed by atoms with van der Waals surface area (Å²) in [6, 6.07) is 19.0. The van der Waals surface area contributed by atoms with Crippen molar-refractivity contribution in [1.29, 1.82) is 0 Å². The molecule has 0 saturated carbocycles. The highest BCUT2D eigenvalue weighted by Crippen LogP contribution is 2.28. The summed E-state index contributed by atoms with van der Waals surface area (Å²) in [5.41, 5.74) is 9.49. The maximum atomic E-state index is 14.2. The lowest BCUT2D eigenvalue weighted by molar-refractivity contribution is -0.119. The number of benzene rings is 3. The van der Waals surface area contributed by atoms with Crippen LogP contribution in [0.5, 0.6) is 5.75 Å². The number of nitrogens with one attached hydrogen (secondary N) is 2. The number of nitrogens with two attached hydrogens (primary N) is 1. The molecule has 0 saturated heterocycles. The van der Waals surface area contributed by atoms with Gasteiger partial charge >= 0.3 is 0 Å². The quantitative estimate of drug-likeness (QED) is 0.209. The predicted molar refractivity (Wildman–Crippen MR) is 180 cm³/mol. The standard InChI is InChI=1S/C33H29BrClN7O5/c1-37-30(44)20-4-7-22(8-5-20)41-31-27(38-15-19-2-9-23(10-3-19)47-18-29(36)43)16-39-42(31)28-17-40(13-12-24(28)33(41)46)32(45)21-6-11-25(34)26(35)14-21/h2-11,14,16,38H,12-13,15,17-18H2,1H3,(H2,36,43)(H,37,44). The van der Waals surface area contributed by atoms with Crippen LogP contribution in [0.3, 0.4) is 0 Å². The molecule has 2 aromatic heterocycles. The fraction of sp³-hybridized carbons (Fsp3) is 0.182. The van der Waals surface area contributed by atoms with Crippen molar-refractivity contribution in [2.75, 3.05) is 25.5 Å². The topological polar surface area (TPSA) is 153 Å². The lowest BCUT2D eigenvalue weighted by Gasteiger charge is -2.29. The third kappa shape index (κ3) is 6.44. The fourth-order valence-electron chi connectivity index (χ4n) is 5.47. The highest BCUT2D eigenvalue weighted by Gasteiger charge is 2.29. The Morgan fingerprint density at radius 2 is 1.77 bits per heavy atom. The average molecular weight is 719 g/mol. The summed E-state index contributed by atoms with van der Waals surface area (Å²) in [7, 11) is 1.55. The Kier molecular flexibility index (Phi) is 9.01. The van der Waals surface area contributed by atoms with Crippen LogP contribution in [0.4, 0.5) is 5.69 Å². The number of amides is 3. The molecule has 1 aliphatic rings. The molecule has 5 aromatic rings. The summed E-state index contributed by atoms with van der Waals surface area (Å²) in [5.74, 6) is -0.505. The Bertz CT molecular complexity index is 2080. The van der Waals surface area contributed by atoms with Crippen molar-refractivity contribution in [3.8, 4) is 11.4 Å². The third-order valence-electron chi connectivity index (χ3n) is 7.85. The number of carbonyl (C=O) groups is 3. The molecule has 240 valence electrons. The number of fused-ring (bicyclic) bond motifs is 3. The van der Waals surface area contributed by atoms with Gasteiger partial charge in [0.1, 0.15) is 5.75 Å². The minimum atomic E-state index is -0.564. The molecule has 12 nitrogen and oxygen atoms in total. The number of primary amides is 1. The van der Waals surface area contributed by atoms with Crippen molar-refractivity contribution in [2.45, 2.75) is 19.5 Å². The summed E-state index contributed by atoms with van der Waals surface area (Å²) in [4.78, 5) is 52.7. The second kappa shape index (κ2) is 13.3. The number of ether oxygens (including phenoxy) is 1.